The molecule has 0 bridgehead atoms. The summed E-state index contributed by atoms with van der Waals surface area (Å²) in [6.45, 7) is 3.08. The van der Waals surface area contributed by atoms with Crippen molar-refractivity contribution in [3.63, 3.8) is 0 Å². The number of aromatic nitrogens is 2. The molecule has 1 saturated heterocycles. The molecule has 0 aromatic carbocycles. The third kappa shape index (κ3) is 4.73. The summed E-state index contributed by atoms with van der Waals surface area (Å²) in [6, 6.07) is 1.36. The second kappa shape index (κ2) is 6.93. The Hall–Kier alpha value is -1.57. The Kier molecular flexibility index (Phi) is 5.22. The van der Waals surface area contributed by atoms with Gasteiger partial charge >= 0.3 is 6.18 Å². The first-order valence-electron chi connectivity index (χ1n) is 6.93. The lowest BCUT2D eigenvalue weighted by molar-refractivity contribution is -0.145. The lowest BCUT2D eigenvalue weighted by Crippen LogP contribution is -2.26. The third-order valence-corrected chi connectivity index (χ3v) is 3.01. The van der Waals surface area contributed by atoms with Crippen LogP contribution in [0.3, 0.4) is 0 Å². The zero-order chi connectivity index (χ0) is 15.3. The number of nitrogens with one attached hydrogen (secondary N) is 1. The van der Waals surface area contributed by atoms with Crippen molar-refractivity contribution < 1.29 is 22.6 Å². The Balaban J connectivity index is 2.07. The van der Waals surface area contributed by atoms with Crippen molar-refractivity contribution in [2.24, 2.45) is 0 Å². The summed E-state index contributed by atoms with van der Waals surface area (Å²) in [5, 5.41) is 2.74. The number of anilines is 1. The van der Waals surface area contributed by atoms with Crippen molar-refractivity contribution in [1.29, 1.82) is 0 Å². The van der Waals surface area contributed by atoms with E-state index in [1.54, 1.807) is 6.92 Å². The number of rotatable bonds is 5. The van der Waals surface area contributed by atoms with Crippen molar-refractivity contribution in [3.05, 3.63) is 11.9 Å². The van der Waals surface area contributed by atoms with Crippen LogP contribution in [-0.2, 0) is 10.9 Å². The number of halogens is 3. The second-order valence-electron chi connectivity index (χ2n) is 4.74. The molecule has 1 atom stereocenters. The molecule has 0 saturated carbocycles. The van der Waals surface area contributed by atoms with Crippen LogP contribution >= 0.6 is 0 Å². The van der Waals surface area contributed by atoms with E-state index in [-0.39, 0.29) is 24.4 Å². The topological polar surface area (TPSA) is 56.3 Å². The summed E-state index contributed by atoms with van der Waals surface area (Å²) in [5.74, 6) is -1.21. The maximum absolute atomic E-state index is 12.8. The first-order chi connectivity index (χ1) is 9.99. The van der Waals surface area contributed by atoms with E-state index in [2.05, 4.69) is 15.3 Å². The van der Waals surface area contributed by atoms with E-state index in [0.29, 0.717) is 13.2 Å². The number of hydrogen-bond donors (Lipinski definition) is 1. The van der Waals surface area contributed by atoms with Crippen molar-refractivity contribution in [2.45, 2.75) is 38.5 Å². The summed E-state index contributed by atoms with van der Waals surface area (Å²) in [5.41, 5.74) is 0. The van der Waals surface area contributed by atoms with Crippen molar-refractivity contribution in [3.8, 4) is 5.88 Å². The average Bonchev–Trinajstić information content (AvgIpc) is 2.45. The third-order valence-electron chi connectivity index (χ3n) is 3.01. The smallest absolute Gasteiger partial charge is 0.451 e. The fraction of sp³-hybridized carbons (Fsp3) is 0.692. The van der Waals surface area contributed by atoms with Gasteiger partial charge in [0.25, 0.3) is 0 Å². The van der Waals surface area contributed by atoms with Gasteiger partial charge in [0.05, 0.1) is 6.10 Å². The van der Waals surface area contributed by atoms with Crippen LogP contribution in [-0.4, -0.2) is 35.8 Å². The van der Waals surface area contributed by atoms with Crippen LogP contribution in [0.1, 0.15) is 32.0 Å². The molecule has 1 unspecified atom stereocenters. The second-order valence-corrected chi connectivity index (χ2v) is 4.74. The average molecular weight is 305 g/mol. The molecule has 5 nitrogen and oxygen atoms in total. The molecule has 1 fully saturated rings. The Morgan fingerprint density at radius 3 is 2.81 bits per heavy atom. The summed E-state index contributed by atoms with van der Waals surface area (Å²) in [7, 11) is 0. The minimum Gasteiger partial charge on any atom is -0.475 e. The van der Waals surface area contributed by atoms with Gasteiger partial charge in [-0.05, 0) is 26.2 Å². The van der Waals surface area contributed by atoms with Gasteiger partial charge in [-0.3, -0.25) is 0 Å². The maximum atomic E-state index is 12.8. The fourth-order valence-electron chi connectivity index (χ4n) is 2.01. The quantitative estimate of drug-likeness (QED) is 0.906. The molecule has 0 spiro atoms. The summed E-state index contributed by atoms with van der Waals surface area (Å²) in [6.07, 6.45) is -1.81. The van der Waals surface area contributed by atoms with E-state index < -0.39 is 12.0 Å². The first kappa shape index (κ1) is 15.8. The number of nitrogens with zero attached hydrogens (tertiary/aromatic N) is 2. The highest BCUT2D eigenvalue weighted by atomic mass is 19.4. The summed E-state index contributed by atoms with van der Waals surface area (Å²) < 4.78 is 49.1. The minimum atomic E-state index is -4.61. The molecule has 0 aliphatic carbocycles. The van der Waals surface area contributed by atoms with Gasteiger partial charge in [0.15, 0.2) is 0 Å². The first-order valence-corrected chi connectivity index (χ1v) is 6.93. The molecule has 0 radical (unpaired) electrons. The highest BCUT2D eigenvalue weighted by Gasteiger charge is 2.35. The molecular formula is C13H18F3N3O2. The highest BCUT2D eigenvalue weighted by molar-refractivity contribution is 5.38. The zero-order valence-electron chi connectivity index (χ0n) is 11.7. The Labute approximate surface area is 120 Å². The standard InChI is InChI=1S/C13H18F3N3O2/c1-2-17-10-7-11(19-12(18-10)13(14,15)16)21-8-9-5-3-4-6-20-9/h7,9H,2-6,8H2,1H3,(H,17,18,19). The van der Waals surface area contributed by atoms with Crippen LogP contribution in [0.4, 0.5) is 19.0 Å². The number of hydrogen-bond acceptors (Lipinski definition) is 5. The molecule has 118 valence electrons. The maximum Gasteiger partial charge on any atom is 0.451 e. The molecule has 1 N–H and O–H groups in total. The van der Waals surface area contributed by atoms with Gasteiger partial charge < -0.3 is 14.8 Å². The summed E-state index contributed by atoms with van der Waals surface area (Å²) >= 11 is 0. The fourth-order valence-corrected chi connectivity index (χ4v) is 2.01. The predicted octanol–water partition coefficient (Wildman–Crippen LogP) is 2.88. The van der Waals surface area contributed by atoms with E-state index in [4.69, 9.17) is 9.47 Å². The lowest BCUT2D eigenvalue weighted by Gasteiger charge is -2.22. The largest absolute Gasteiger partial charge is 0.475 e. The zero-order valence-corrected chi connectivity index (χ0v) is 11.7. The Morgan fingerprint density at radius 2 is 2.19 bits per heavy atom. The monoisotopic (exact) mass is 305 g/mol. The normalized spacial score (nSPS) is 19.3. The van der Waals surface area contributed by atoms with Crippen molar-refractivity contribution in [2.75, 3.05) is 25.1 Å². The van der Waals surface area contributed by atoms with Gasteiger partial charge in [-0.25, -0.2) is 4.98 Å². The molecule has 2 heterocycles. The van der Waals surface area contributed by atoms with E-state index in [0.717, 1.165) is 19.3 Å². The lowest BCUT2D eigenvalue weighted by atomic mass is 10.1. The van der Waals surface area contributed by atoms with E-state index in [9.17, 15) is 13.2 Å². The minimum absolute atomic E-state index is 0.0920. The van der Waals surface area contributed by atoms with Crippen LogP contribution in [0.2, 0.25) is 0 Å². The van der Waals surface area contributed by atoms with Crippen molar-refractivity contribution >= 4 is 5.82 Å². The molecule has 0 amide bonds. The van der Waals surface area contributed by atoms with Crippen LogP contribution in [0.5, 0.6) is 5.88 Å². The number of alkyl halides is 3. The molecule has 1 aromatic heterocycles. The Bertz CT molecular complexity index is 462. The Morgan fingerprint density at radius 1 is 1.38 bits per heavy atom. The van der Waals surface area contributed by atoms with Gasteiger partial charge in [-0.2, -0.15) is 18.2 Å². The van der Waals surface area contributed by atoms with Gasteiger partial charge in [0.1, 0.15) is 12.4 Å². The van der Waals surface area contributed by atoms with Crippen LogP contribution in [0.25, 0.3) is 0 Å². The van der Waals surface area contributed by atoms with Crippen LogP contribution in [0.15, 0.2) is 6.07 Å². The van der Waals surface area contributed by atoms with Gasteiger partial charge in [-0.1, -0.05) is 0 Å². The number of ether oxygens (including phenoxy) is 2. The van der Waals surface area contributed by atoms with Gasteiger partial charge in [0, 0.05) is 19.2 Å². The van der Waals surface area contributed by atoms with Gasteiger partial charge in [0.2, 0.25) is 11.7 Å². The van der Waals surface area contributed by atoms with Crippen LogP contribution in [0, 0.1) is 0 Å². The van der Waals surface area contributed by atoms with E-state index >= 15 is 0 Å². The van der Waals surface area contributed by atoms with Crippen LogP contribution < -0.4 is 10.1 Å². The molecule has 1 aliphatic rings. The van der Waals surface area contributed by atoms with E-state index in [1.165, 1.54) is 6.07 Å². The van der Waals surface area contributed by atoms with E-state index in [1.807, 2.05) is 0 Å². The molecule has 21 heavy (non-hydrogen) atoms. The molecular weight excluding hydrogens is 287 g/mol. The highest BCUT2D eigenvalue weighted by Crippen LogP contribution is 2.29. The van der Waals surface area contributed by atoms with Crippen molar-refractivity contribution in [1.82, 2.24) is 9.97 Å². The summed E-state index contributed by atoms with van der Waals surface area (Å²) in [4.78, 5) is 6.85. The SMILES string of the molecule is CCNc1cc(OCC2CCCCO2)nc(C(F)(F)F)n1. The molecule has 8 heteroatoms. The van der Waals surface area contributed by atoms with Gasteiger partial charge in [-0.15, -0.1) is 0 Å². The molecule has 2 rings (SSSR count). The molecule has 1 aromatic rings. The predicted molar refractivity (Wildman–Crippen MR) is 70.3 cm³/mol. The molecule has 1 aliphatic heterocycles.